The molecule has 0 aliphatic rings. The number of hydrogen-bond donors (Lipinski definition) is 2. The minimum atomic E-state index is -0.352. The molecule has 0 aliphatic heterocycles. The van der Waals surface area contributed by atoms with Gasteiger partial charge in [0.25, 0.3) is 11.5 Å². The lowest BCUT2D eigenvalue weighted by atomic mass is 10.1. The zero-order valence-electron chi connectivity index (χ0n) is 17.7. The number of carbonyl (C=O) groups excluding carboxylic acids is 1. The Balaban J connectivity index is 1.77. The van der Waals surface area contributed by atoms with Crippen LogP contribution >= 0.6 is 0 Å². The average Bonchev–Trinajstić information content (AvgIpc) is 3.20. The van der Waals surface area contributed by atoms with Gasteiger partial charge in [-0.3, -0.25) is 14.7 Å². The highest BCUT2D eigenvalue weighted by atomic mass is 16.5. The van der Waals surface area contributed by atoms with Gasteiger partial charge < -0.3 is 4.74 Å². The number of hydrogen-bond acceptors (Lipinski definition) is 4. The fourth-order valence-electron chi connectivity index (χ4n) is 3.34. The summed E-state index contributed by atoms with van der Waals surface area (Å²) in [7, 11) is 1.60. The minimum Gasteiger partial charge on any atom is -0.497 e. The van der Waals surface area contributed by atoms with Gasteiger partial charge in [-0.2, -0.15) is 5.10 Å². The third-order valence-corrected chi connectivity index (χ3v) is 5.01. The van der Waals surface area contributed by atoms with Crippen LogP contribution in [-0.2, 0) is 0 Å². The van der Waals surface area contributed by atoms with Crippen LogP contribution in [0.4, 0.5) is 0 Å². The van der Waals surface area contributed by atoms with Crippen LogP contribution in [0.1, 0.15) is 22.8 Å². The molecule has 0 bridgehead atoms. The molecule has 4 aromatic rings. The van der Waals surface area contributed by atoms with Crippen LogP contribution in [0, 0.1) is 0 Å². The smallest absolute Gasteiger partial charge is 0.281 e. The molecule has 1 aromatic heterocycles. The van der Waals surface area contributed by atoms with Crippen LogP contribution < -0.4 is 15.7 Å². The second-order valence-corrected chi connectivity index (χ2v) is 7.07. The van der Waals surface area contributed by atoms with Gasteiger partial charge in [-0.15, -0.1) is 0 Å². The molecule has 0 aliphatic carbocycles. The molecule has 0 saturated heterocycles. The van der Waals surface area contributed by atoms with E-state index in [-0.39, 0.29) is 11.5 Å². The molecule has 0 radical (unpaired) electrons. The first-order valence-electron chi connectivity index (χ1n) is 10.0. The standard InChI is InChI=1S/C25H22N4O3/c1-17(26-27-24(30)19-9-5-3-6-10-19)22-23(18-13-15-21(32-2)16-14-18)28-29(25(22)31)20-11-7-4-8-12-20/h3-16,28H,1-2H3,(H,27,30)/b26-17+. The Hall–Kier alpha value is -4.39. The lowest BCUT2D eigenvalue weighted by Gasteiger charge is -2.05. The zero-order valence-corrected chi connectivity index (χ0v) is 17.7. The van der Waals surface area contributed by atoms with Crippen molar-refractivity contribution >= 4 is 11.6 Å². The molecule has 1 heterocycles. The second kappa shape index (κ2) is 9.18. The number of methoxy groups -OCH3 is 1. The van der Waals surface area contributed by atoms with Crippen LogP contribution in [0.2, 0.25) is 0 Å². The van der Waals surface area contributed by atoms with Gasteiger partial charge in [-0.25, -0.2) is 10.1 Å². The number of aromatic nitrogens is 2. The number of nitrogens with zero attached hydrogens (tertiary/aromatic N) is 2. The molecule has 0 unspecified atom stereocenters. The van der Waals surface area contributed by atoms with Crippen molar-refractivity contribution in [1.82, 2.24) is 15.2 Å². The van der Waals surface area contributed by atoms with Crippen molar-refractivity contribution in [2.45, 2.75) is 6.92 Å². The highest BCUT2D eigenvalue weighted by Gasteiger charge is 2.20. The maximum Gasteiger partial charge on any atom is 0.281 e. The summed E-state index contributed by atoms with van der Waals surface area (Å²) in [5.41, 5.74) is 5.58. The fraction of sp³-hybridized carbons (Fsp3) is 0.0800. The summed E-state index contributed by atoms with van der Waals surface area (Å²) in [6, 6.07) is 25.4. The van der Waals surface area contributed by atoms with E-state index in [1.54, 1.807) is 38.3 Å². The van der Waals surface area contributed by atoms with E-state index in [2.05, 4.69) is 15.6 Å². The Kier molecular flexibility index (Phi) is 5.98. The van der Waals surface area contributed by atoms with Crippen LogP contribution in [0.15, 0.2) is 94.8 Å². The molecule has 3 aromatic carbocycles. The number of amides is 1. The third-order valence-electron chi connectivity index (χ3n) is 5.01. The zero-order chi connectivity index (χ0) is 22.5. The molecule has 0 spiro atoms. The molecule has 0 atom stereocenters. The molecule has 4 rings (SSSR count). The van der Waals surface area contributed by atoms with Gasteiger partial charge in [0.2, 0.25) is 0 Å². The second-order valence-electron chi connectivity index (χ2n) is 7.07. The number of benzene rings is 3. The number of para-hydroxylation sites is 1. The Morgan fingerprint density at radius 2 is 1.56 bits per heavy atom. The van der Waals surface area contributed by atoms with Gasteiger partial charge in [0, 0.05) is 11.1 Å². The minimum absolute atomic E-state index is 0.266. The van der Waals surface area contributed by atoms with Gasteiger partial charge in [-0.05, 0) is 55.5 Å². The van der Waals surface area contributed by atoms with Crippen LogP contribution in [0.25, 0.3) is 16.9 Å². The SMILES string of the molecule is COc1ccc(-c2[nH]n(-c3ccccc3)c(=O)c2/C(C)=N/NC(=O)c2ccccc2)cc1. The number of H-pyrrole nitrogens is 1. The topological polar surface area (TPSA) is 88.5 Å². The summed E-state index contributed by atoms with van der Waals surface area (Å²) < 4.78 is 6.70. The van der Waals surface area contributed by atoms with Gasteiger partial charge in [0.1, 0.15) is 5.75 Å². The number of ether oxygens (including phenoxy) is 1. The van der Waals surface area contributed by atoms with Gasteiger partial charge >= 0.3 is 0 Å². The van der Waals surface area contributed by atoms with Gasteiger partial charge in [0.15, 0.2) is 0 Å². The number of carbonyl (C=O) groups is 1. The first kappa shape index (κ1) is 20.9. The van der Waals surface area contributed by atoms with Crippen LogP contribution in [-0.4, -0.2) is 28.5 Å². The number of aromatic amines is 1. The van der Waals surface area contributed by atoms with Gasteiger partial charge in [0.05, 0.1) is 29.8 Å². The lowest BCUT2D eigenvalue weighted by Crippen LogP contribution is -2.23. The molecular formula is C25H22N4O3. The predicted octanol–water partition coefficient (Wildman–Crippen LogP) is 4.00. The number of hydrazone groups is 1. The average molecular weight is 426 g/mol. The Morgan fingerprint density at radius 1 is 0.938 bits per heavy atom. The van der Waals surface area contributed by atoms with E-state index in [1.165, 1.54) is 4.68 Å². The van der Waals surface area contributed by atoms with Crippen molar-refractivity contribution < 1.29 is 9.53 Å². The molecular weight excluding hydrogens is 404 g/mol. The first-order chi connectivity index (χ1) is 15.6. The van der Waals surface area contributed by atoms with Crippen molar-refractivity contribution in [3.05, 3.63) is 106 Å². The van der Waals surface area contributed by atoms with Crippen molar-refractivity contribution in [3.8, 4) is 22.7 Å². The lowest BCUT2D eigenvalue weighted by molar-refractivity contribution is 0.0955. The molecule has 160 valence electrons. The highest BCUT2D eigenvalue weighted by molar-refractivity contribution is 6.04. The van der Waals surface area contributed by atoms with Crippen molar-refractivity contribution in [3.63, 3.8) is 0 Å². The van der Waals surface area contributed by atoms with E-state index in [0.717, 1.165) is 5.56 Å². The van der Waals surface area contributed by atoms with E-state index in [4.69, 9.17) is 4.74 Å². The Labute approximate surface area is 185 Å². The third kappa shape index (κ3) is 4.22. The first-order valence-corrected chi connectivity index (χ1v) is 10.0. The van der Waals surface area contributed by atoms with E-state index in [0.29, 0.717) is 34.0 Å². The van der Waals surface area contributed by atoms with Gasteiger partial charge in [-0.1, -0.05) is 36.4 Å². The maximum absolute atomic E-state index is 13.4. The van der Waals surface area contributed by atoms with Crippen molar-refractivity contribution in [2.75, 3.05) is 7.11 Å². The summed E-state index contributed by atoms with van der Waals surface area (Å²) in [5.74, 6) is 0.357. The van der Waals surface area contributed by atoms with E-state index in [9.17, 15) is 9.59 Å². The predicted molar refractivity (Wildman–Crippen MR) is 124 cm³/mol. The monoisotopic (exact) mass is 426 g/mol. The summed E-state index contributed by atoms with van der Waals surface area (Å²) >= 11 is 0. The summed E-state index contributed by atoms with van der Waals surface area (Å²) in [4.78, 5) is 25.8. The summed E-state index contributed by atoms with van der Waals surface area (Å²) in [6.45, 7) is 1.69. The largest absolute Gasteiger partial charge is 0.497 e. The van der Waals surface area contributed by atoms with E-state index >= 15 is 0 Å². The van der Waals surface area contributed by atoms with Crippen molar-refractivity contribution in [2.24, 2.45) is 5.10 Å². The highest BCUT2D eigenvalue weighted by Crippen LogP contribution is 2.24. The number of rotatable bonds is 6. The molecule has 2 N–H and O–H groups in total. The van der Waals surface area contributed by atoms with E-state index < -0.39 is 0 Å². The van der Waals surface area contributed by atoms with Crippen molar-refractivity contribution in [1.29, 1.82) is 0 Å². The molecule has 7 heteroatoms. The summed E-state index contributed by atoms with van der Waals surface area (Å²) in [6.07, 6.45) is 0. The normalized spacial score (nSPS) is 11.2. The van der Waals surface area contributed by atoms with Crippen LogP contribution in [0.3, 0.4) is 0 Å². The molecule has 32 heavy (non-hydrogen) atoms. The molecule has 1 amide bonds. The van der Waals surface area contributed by atoms with Crippen LogP contribution in [0.5, 0.6) is 5.75 Å². The molecule has 0 saturated carbocycles. The summed E-state index contributed by atoms with van der Waals surface area (Å²) in [5, 5.41) is 7.41. The molecule has 7 nitrogen and oxygen atoms in total. The van der Waals surface area contributed by atoms with E-state index in [1.807, 2.05) is 60.7 Å². The molecule has 0 fully saturated rings. The number of nitrogens with one attached hydrogen (secondary N) is 2. The maximum atomic E-state index is 13.4. The Morgan fingerprint density at radius 3 is 2.19 bits per heavy atom. The quantitative estimate of drug-likeness (QED) is 0.361. The Bertz CT molecular complexity index is 1310. The fourth-order valence-corrected chi connectivity index (χ4v) is 3.34.